The molecule has 8 N–H and O–H groups in total. The van der Waals surface area contributed by atoms with E-state index in [-0.39, 0.29) is 6.42 Å². The number of hydrogen-bond donors (Lipinski definition) is 8. The monoisotopic (exact) mass is 1150 g/mol. The van der Waals surface area contributed by atoms with Crippen molar-refractivity contribution in [2.45, 2.75) is 428 Å². The van der Waals surface area contributed by atoms with Crippen LogP contribution in [0.25, 0.3) is 0 Å². The van der Waals surface area contributed by atoms with Gasteiger partial charge >= 0.3 is 0 Å². The average molecular weight is 1150 g/mol. The van der Waals surface area contributed by atoms with Crippen LogP contribution in [0, 0.1) is 0 Å². The van der Waals surface area contributed by atoms with Crippen molar-refractivity contribution in [3.8, 4) is 0 Å². The van der Waals surface area contributed by atoms with Crippen LogP contribution >= 0.6 is 0 Å². The molecular formula is C70H139NO10. The van der Waals surface area contributed by atoms with Crippen molar-refractivity contribution < 1.29 is 50.0 Å². The van der Waals surface area contributed by atoms with E-state index in [1.807, 2.05) is 0 Å². The fourth-order valence-corrected chi connectivity index (χ4v) is 12.2. The molecule has 1 rings (SSSR count). The average Bonchev–Trinajstić information content (AvgIpc) is 3.51. The van der Waals surface area contributed by atoms with Gasteiger partial charge < -0.3 is 50.5 Å². The smallest absolute Gasteiger partial charge is 0.249 e. The number of carbonyl (C=O) groups excluding carboxylic acids is 1. The number of aliphatic hydroxyl groups is 7. The number of amides is 1. The highest BCUT2D eigenvalue weighted by Crippen LogP contribution is 2.24. The van der Waals surface area contributed by atoms with Gasteiger partial charge in [0.2, 0.25) is 5.91 Å². The molecule has 1 aliphatic rings. The van der Waals surface area contributed by atoms with Gasteiger partial charge in [0.05, 0.1) is 25.4 Å². The minimum atomic E-state index is -1.66. The molecule has 0 aromatic carbocycles. The van der Waals surface area contributed by atoms with E-state index in [4.69, 9.17) is 9.47 Å². The Kier molecular flexibility index (Phi) is 57.3. The second kappa shape index (κ2) is 59.4. The van der Waals surface area contributed by atoms with Crippen molar-refractivity contribution in [2.75, 3.05) is 13.2 Å². The first-order valence-electron chi connectivity index (χ1n) is 35.9. The lowest BCUT2D eigenvalue weighted by atomic mass is 9.98. The van der Waals surface area contributed by atoms with Crippen molar-refractivity contribution >= 4 is 5.91 Å². The number of nitrogens with one attached hydrogen (secondary N) is 1. The number of hydrogen-bond acceptors (Lipinski definition) is 10. The summed E-state index contributed by atoms with van der Waals surface area (Å²) in [4.78, 5) is 13.2. The molecule has 0 bridgehead atoms. The minimum Gasteiger partial charge on any atom is -0.394 e. The molecule has 1 heterocycles. The van der Waals surface area contributed by atoms with Crippen LogP contribution in [0.2, 0.25) is 0 Å². The van der Waals surface area contributed by atoms with Crippen molar-refractivity contribution in [2.24, 2.45) is 0 Å². The maximum absolute atomic E-state index is 13.2. The van der Waals surface area contributed by atoms with Gasteiger partial charge in [0.1, 0.15) is 36.6 Å². The zero-order chi connectivity index (χ0) is 58.9. The molecule has 9 unspecified atom stereocenters. The molecule has 484 valence electrons. The van der Waals surface area contributed by atoms with Gasteiger partial charge in [0.25, 0.3) is 0 Å². The van der Waals surface area contributed by atoms with E-state index in [1.54, 1.807) is 0 Å². The third-order valence-corrected chi connectivity index (χ3v) is 17.9. The molecular weight excluding hydrogens is 1010 g/mol. The first kappa shape index (κ1) is 78.1. The van der Waals surface area contributed by atoms with Gasteiger partial charge in [-0.2, -0.15) is 0 Å². The zero-order valence-electron chi connectivity index (χ0n) is 53.6. The Labute approximate surface area is 500 Å². The fraction of sp³-hybridized carbons (Fsp3) is 0.986. The molecule has 1 aliphatic heterocycles. The molecule has 81 heavy (non-hydrogen) atoms. The van der Waals surface area contributed by atoms with E-state index in [0.717, 1.165) is 38.5 Å². The Bertz CT molecular complexity index is 1280. The Balaban J connectivity index is 2.16. The van der Waals surface area contributed by atoms with Gasteiger partial charge in [0.15, 0.2) is 6.29 Å². The first-order valence-corrected chi connectivity index (χ1v) is 35.9. The van der Waals surface area contributed by atoms with E-state index in [9.17, 15) is 40.5 Å². The van der Waals surface area contributed by atoms with Crippen LogP contribution in [0.1, 0.15) is 373 Å². The van der Waals surface area contributed by atoms with Gasteiger partial charge in [-0.05, 0) is 12.8 Å². The second-order valence-corrected chi connectivity index (χ2v) is 25.7. The Morgan fingerprint density at radius 2 is 0.642 bits per heavy atom. The van der Waals surface area contributed by atoms with E-state index in [2.05, 4.69) is 19.2 Å². The zero-order valence-corrected chi connectivity index (χ0v) is 53.6. The number of rotatable bonds is 64. The summed E-state index contributed by atoms with van der Waals surface area (Å²) >= 11 is 0. The number of unbranched alkanes of at least 4 members (excludes halogenated alkanes) is 52. The number of ether oxygens (including phenoxy) is 2. The van der Waals surface area contributed by atoms with Crippen molar-refractivity contribution in [3.63, 3.8) is 0 Å². The number of aliphatic hydroxyl groups excluding tert-OH is 7. The normalized spacial score (nSPS) is 19.0. The van der Waals surface area contributed by atoms with E-state index in [1.165, 1.54) is 295 Å². The molecule has 0 radical (unpaired) electrons. The quantitative estimate of drug-likeness (QED) is 0.0272. The lowest BCUT2D eigenvalue weighted by Crippen LogP contribution is -2.60. The van der Waals surface area contributed by atoms with E-state index < -0.39 is 74.2 Å². The number of carbonyl (C=O) groups is 1. The van der Waals surface area contributed by atoms with Crippen molar-refractivity contribution in [3.05, 3.63) is 0 Å². The summed E-state index contributed by atoms with van der Waals surface area (Å²) in [6, 6.07) is -1.16. The summed E-state index contributed by atoms with van der Waals surface area (Å²) in [6.07, 6.45) is 60.5. The Morgan fingerprint density at radius 1 is 0.383 bits per heavy atom. The summed E-state index contributed by atoms with van der Waals surface area (Å²) in [5.41, 5.74) is 0. The highest BCUT2D eigenvalue weighted by Gasteiger charge is 2.44. The maximum Gasteiger partial charge on any atom is 0.249 e. The van der Waals surface area contributed by atoms with E-state index >= 15 is 0 Å². The van der Waals surface area contributed by atoms with Crippen LogP contribution in [-0.4, -0.2) is 110 Å². The van der Waals surface area contributed by atoms with Gasteiger partial charge in [0, 0.05) is 0 Å². The predicted molar refractivity (Wildman–Crippen MR) is 340 cm³/mol. The highest BCUT2D eigenvalue weighted by molar-refractivity contribution is 5.80. The summed E-state index contributed by atoms with van der Waals surface area (Å²) in [6.45, 7) is 3.53. The molecule has 1 fully saturated rings. The summed E-state index contributed by atoms with van der Waals surface area (Å²) in [5.74, 6) is -0.687. The largest absolute Gasteiger partial charge is 0.394 e. The summed E-state index contributed by atoms with van der Waals surface area (Å²) in [7, 11) is 0. The molecule has 1 saturated heterocycles. The standard InChI is InChI=1S/C70H139NO10/c1-3-5-7-9-11-13-15-17-19-21-23-25-27-28-29-30-31-32-33-34-35-36-38-39-41-43-45-47-49-51-53-55-57-62(73)65(75)61(60-80-70-68(78)67(77)66(76)64(59-72)81-70)71-69(79)63(74)58-56-54-52-50-48-46-44-42-40-37-26-24-22-20-18-16-14-12-10-8-6-4-2/h61-68,70,72-78H,3-60H2,1-2H3,(H,71,79). The van der Waals surface area contributed by atoms with Gasteiger partial charge in [-0.1, -0.05) is 361 Å². The van der Waals surface area contributed by atoms with Crippen LogP contribution in [0.5, 0.6) is 0 Å². The molecule has 0 saturated carbocycles. The van der Waals surface area contributed by atoms with Crippen molar-refractivity contribution in [1.82, 2.24) is 5.32 Å². The van der Waals surface area contributed by atoms with Crippen LogP contribution in [-0.2, 0) is 14.3 Å². The Morgan fingerprint density at radius 3 is 0.914 bits per heavy atom. The summed E-state index contributed by atoms with van der Waals surface area (Å²) < 4.78 is 11.2. The maximum atomic E-state index is 13.2. The van der Waals surface area contributed by atoms with Gasteiger partial charge in [-0.3, -0.25) is 4.79 Å². The minimum absolute atomic E-state index is 0.267. The SMILES string of the molecule is CCCCCCCCCCCCCCCCCCCCCCCCCCCCCCCCCCC(O)C(O)C(COC1OC(CO)C(O)C(O)C1O)NC(=O)C(O)CCCCCCCCCCCCCCCCCCCCCCCC. The van der Waals surface area contributed by atoms with Gasteiger partial charge in [-0.25, -0.2) is 0 Å². The Hall–Kier alpha value is -0.890. The third-order valence-electron chi connectivity index (χ3n) is 17.9. The lowest BCUT2D eigenvalue weighted by molar-refractivity contribution is -0.303. The topological polar surface area (TPSA) is 189 Å². The third kappa shape index (κ3) is 46.9. The molecule has 0 aliphatic carbocycles. The molecule has 0 spiro atoms. The van der Waals surface area contributed by atoms with Crippen LogP contribution in [0.15, 0.2) is 0 Å². The highest BCUT2D eigenvalue weighted by atomic mass is 16.7. The molecule has 11 heteroatoms. The fourth-order valence-electron chi connectivity index (χ4n) is 12.2. The summed E-state index contributed by atoms with van der Waals surface area (Å²) in [5, 5.41) is 76.6. The molecule has 0 aromatic rings. The van der Waals surface area contributed by atoms with Gasteiger partial charge in [-0.15, -0.1) is 0 Å². The second-order valence-electron chi connectivity index (χ2n) is 25.7. The first-order chi connectivity index (χ1) is 39.7. The molecule has 11 nitrogen and oxygen atoms in total. The van der Waals surface area contributed by atoms with Crippen LogP contribution in [0.4, 0.5) is 0 Å². The van der Waals surface area contributed by atoms with E-state index in [0.29, 0.717) is 19.3 Å². The molecule has 9 atom stereocenters. The van der Waals surface area contributed by atoms with Crippen LogP contribution in [0.3, 0.4) is 0 Å². The molecule has 1 amide bonds. The van der Waals surface area contributed by atoms with Crippen molar-refractivity contribution in [1.29, 1.82) is 0 Å². The predicted octanol–water partition coefficient (Wildman–Crippen LogP) is 17.3. The van der Waals surface area contributed by atoms with Crippen LogP contribution < -0.4 is 5.32 Å². The molecule has 0 aromatic heterocycles. The lowest BCUT2D eigenvalue weighted by Gasteiger charge is -2.40.